The minimum atomic E-state index is -1.11. The van der Waals surface area contributed by atoms with Crippen molar-refractivity contribution in [2.75, 3.05) is 13.2 Å². The summed E-state index contributed by atoms with van der Waals surface area (Å²) in [4.78, 5) is 49.9. The second kappa shape index (κ2) is 18.5. The second-order valence-corrected chi connectivity index (χ2v) is 22.0. The minimum Gasteiger partial charge on any atom is -0.481 e. The van der Waals surface area contributed by atoms with Crippen LogP contribution in [0, 0.1) is 63.6 Å². The molecule has 7 fully saturated rings. The summed E-state index contributed by atoms with van der Waals surface area (Å²) < 4.78 is 59.2. The van der Waals surface area contributed by atoms with Crippen molar-refractivity contribution in [2.24, 2.45) is 63.6 Å². The molecule has 3 heterocycles. The molecule has 8 unspecified atom stereocenters. The number of hydrogen-bond donors (Lipinski definition) is 1. The van der Waals surface area contributed by atoms with Gasteiger partial charge in [-0.25, -0.2) is 0 Å². The highest BCUT2D eigenvalue weighted by Gasteiger charge is 2.69. The van der Waals surface area contributed by atoms with Crippen LogP contribution in [0.1, 0.15) is 141 Å². The van der Waals surface area contributed by atoms with Crippen LogP contribution in [0.4, 0.5) is 0 Å². The number of carboxylic acid groups (broad SMARTS) is 1. The van der Waals surface area contributed by atoms with E-state index in [0.29, 0.717) is 18.8 Å². The highest BCUT2D eigenvalue weighted by atomic mass is 16.8. The van der Waals surface area contributed by atoms with Crippen molar-refractivity contribution in [1.82, 2.24) is 0 Å². The summed E-state index contributed by atoms with van der Waals surface area (Å²) in [7, 11) is 0. The molecule has 0 aromatic carbocycles. The Morgan fingerprint density at radius 3 is 1.89 bits per heavy atom. The maximum atomic E-state index is 12.9. The van der Waals surface area contributed by atoms with Crippen molar-refractivity contribution >= 4 is 23.9 Å². The van der Waals surface area contributed by atoms with Gasteiger partial charge in [-0.3, -0.25) is 19.2 Å². The summed E-state index contributed by atoms with van der Waals surface area (Å²) in [5, 5.41) is 10.6. The number of carboxylic acids is 1. The molecule has 7 aliphatic rings. The van der Waals surface area contributed by atoms with Crippen molar-refractivity contribution in [3.8, 4) is 0 Å². The van der Waals surface area contributed by atoms with Gasteiger partial charge in [0.15, 0.2) is 25.0 Å². The number of carbonyl (C=O) groups excluding carboxylic acids is 3. The maximum absolute atomic E-state index is 12.9. The lowest BCUT2D eigenvalue weighted by atomic mass is 9.41. The van der Waals surface area contributed by atoms with Crippen LogP contribution in [0.25, 0.3) is 0 Å². The lowest BCUT2D eigenvalue weighted by Crippen LogP contribution is -2.64. The van der Waals surface area contributed by atoms with Crippen molar-refractivity contribution in [3.63, 3.8) is 0 Å². The number of fused-ring (bicyclic) bond motifs is 3. The maximum Gasteiger partial charge on any atom is 0.309 e. The molecule has 14 nitrogen and oxygen atoms in total. The van der Waals surface area contributed by atoms with Crippen LogP contribution in [0.15, 0.2) is 12.2 Å². The van der Waals surface area contributed by atoms with Gasteiger partial charge in [0, 0.05) is 38.5 Å². The van der Waals surface area contributed by atoms with E-state index in [-0.39, 0.29) is 65.7 Å². The summed E-state index contributed by atoms with van der Waals surface area (Å²) in [6, 6.07) is 0. The highest BCUT2D eigenvalue weighted by Crippen LogP contribution is 2.73. The predicted octanol–water partition coefficient (Wildman–Crippen LogP) is 8.02. The zero-order chi connectivity index (χ0) is 46.8. The van der Waals surface area contributed by atoms with E-state index in [1.165, 1.54) is 20.8 Å². The van der Waals surface area contributed by atoms with Gasteiger partial charge in [0.05, 0.1) is 29.3 Å². The fraction of sp³-hybridized carbons (Fsp3) is 0.880. The molecule has 0 radical (unpaired) electrons. The van der Waals surface area contributed by atoms with Crippen LogP contribution in [0.5, 0.6) is 0 Å². The molecule has 3 saturated heterocycles. The van der Waals surface area contributed by atoms with E-state index < -0.39 is 90.2 Å². The molecule has 14 heteroatoms. The quantitative estimate of drug-likeness (QED) is 0.0864. The molecule has 7 rings (SSSR count). The van der Waals surface area contributed by atoms with E-state index in [4.69, 9.17) is 49.2 Å². The molecule has 0 amide bonds. The summed E-state index contributed by atoms with van der Waals surface area (Å²) in [5.41, 5.74) is -0.763. The average Bonchev–Trinajstić information content (AvgIpc) is 3.42. The molecular weight excluding hydrogens is 825 g/mol. The lowest BCUT2D eigenvalue weighted by Gasteiger charge is -2.64. The Morgan fingerprint density at radius 1 is 0.656 bits per heavy atom. The Labute approximate surface area is 380 Å². The molecule has 64 heavy (non-hydrogen) atoms. The van der Waals surface area contributed by atoms with Gasteiger partial charge < -0.3 is 47.7 Å². The smallest absolute Gasteiger partial charge is 0.309 e. The predicted molar refractivity (Wildman–Crippen MR) is 233 cm³/mol. The molecule has 1 N–H and O–H groups in total. The van der Waals surface area contributed by atoms with Crippen LogP contribution in [-0.2, 0) is 61.8 Å². The number of carbonyl (C=O) groups is 4. The molecule has 3 aliphatic heterocycles. The molecule has 4 saturated carbocycles. The van der Waals surface area contributed by atoms with E-state index in [0.717, 1.165) is 50.5 Å². The van der Waals surface area contributed by atoms with Crippen molar-refractivity contribution < 1.29 is 66.9 Å². The van der Waals surface area contributed by atoms with E-state index in [9.17, 15) is 24.3 Å². The first-order valence-corrected chi connectivity index (χ1v) is 24.3. The first-order valence-electron chi connectivity index (χ1n) is 24.3. The molecule has 2 bridgehead atoms. The van der Waals surface area contributed by atoms with E-state index in [1.54, 1.807) is 0 Å². The topological polar surface area (TPSA) is 172 Å². The van der Waals surface area contributed by atoms with Crippen molar-refractivity contribution in [2.45, 2.75) is 202 Å². The third kappa shape index (κ3) is 8.83. The third-order valence-corrected chi connectivity index (χ3v) is 18.4. The monoisotopic (exact) mass is 903 g/mol. The number of aliphatic carboxylic acids is 1. The molecule has 0 aromatic heterocycles. The van der Waals surface area contributed by atoms with Crippen LogP contribution >= 0.6 is 0 Å². The highest BCUT2D eigenvalue weighted by molar-refractivity contribution is 5.75. The summed E-state index contributed by atoms with van der Waals surface area (Å²) in [5.74, 6) is -2.05. The van der Waals surface area contributed by atoms with Gasteiger partial charge in [0.25, 0.3) is 0 Å². The van der Waals surface area contributed by atoms with Gasteiger partial charge in [-0.15, -0.1) is 0 Å². The van der Waals surface area contributed by atoms with E-state index in [1.807, 2.05) is 27.7 Å². The number of rotatable bonds is 12. The van der Waals surface area contributed by atoms with Gasteiger partial charge in [0.1, 0.15) is 25.4 Å². The Bertz CT molecular complexity index is 1770. The van der Waals surface area contributed by atoms with Crippen LogP contribution in [0.2, 0.25) is 0 Å². The first-order chi connectivity index (χ1) is 30.0. The summed E-state index contributed by atoms with van der Waals surface area (Å²) in [6.45, 7) is 27.5. The Morgan fingerprint density at radius 2 is 1.27 bits per heavy atom. The SMILES string of the molecule is C=C1C[C@@]23CCC4[C@](C)(C(=O)O)CCC[C@@]4(C)[C@@H]2CCC1(O[C@@H]1OC(COC(C)=O)[C@@H](C)[C@@H](O[C@@H]2OC(COC(C)=O)[C@@H](C)[C@H](C)C2OC(C)=O)C1O[C@@H]1OC(C)[C@H](C)[C@H](C)C1C)C3. The molecule has 4 aliphatic carbocycles. The normalized spacial score (nSPS) is 48.9. The summed E-state index contributed by atoms with van der Waals surface area (Å²) >= 11 is 0. The average molecular weight is 903 g/mol. The zero-order valence-electron chi connectivity index (χ0n) is 40.6. The van der Waals surface area contributed by atoms with Gasteiger partial charge in [-0.1, -0.05) is 61.5 Å². The van der Waals surface area contributed by atoms with Crippen LogP contribution in [0.3, 0.4) is 0 Å². The Hall–Kier alpha value is -2.62. The van der Waals surface area contributed by atoms with Gasteiger partial charge in [-0.2, -0.15) is 0 Å². The van der Waals surface area contributed by atoms with Crippen molar-refractivity contribution in [3.05, 3.63) is 12.2 Å². The Kier molecular flexibility index (Phi) is 14.2. The van der Waals surface area contributed by atoms with Gasteiger partial charge in [0.2, 0.25) is 0 Å². The second-order valence-electron chi connectivity index (χ2n) is 22.0. The van der Waals surface area contributed by atoms with Gasteiger partial charge >= 0.3 is 23.9 Å². The number of esters is 3. The lowest BCUT2D eigenvalue weighted by molar-refractivity contribution is -0.385. The Balaban J connectivity index is 1.26. The number of ether oxygens (including phenoxy) is 9. The van der Waals surface area contributed by atoms with Gasteiger partial charge in [-0.05, 0) is 111 Å². The molecule has 0 aromatic rings. The fourth-order valence-electron chi connectivity index (χ4n) is 14.1. The van der Waals surface area contributed by atoms with Crippen LogP contribution < -0.4 is 0 Å². The standard InChI is InChI=1S/C50H78O14/c1-25-21-49-19-15-38-47(12,17-14-18-48(38,13)46(54)55)39(49)16-20-50(25,24-49)64-45-42(63-43-30(6)26(2)27(3)32(8)58-43)40(31(7)37(61-45)23-57-34(10)52)62-44-41(59-35(11)53)29(5)28(4)36(60-44)22-56-33(9)51/h26-32,36-45H,1,14-24H2,2-13H3,(H,54,55)/t26-,27+,28-,29-,30?,31+,32?,36?,37?,38?,39-,40+,41?,42?,43-,44-,45-,47+,48+,49+,50?/m0/s1. The first kappa shape index (κ1) is 49.3. The van der Waals surface area contributed by atoms with Crippen LogP contribution in [-0.4, -0.2) is 103 Å². The van der Waals surface area contributed by atoms with E-state index in [2.05, 4.69) is 34.6 Å². The molecule has 1 spiro atoms. The number of hydrogen-bond acceptors (Lipinski definition) is 13. The largest absolute Gasteiger partial charge is 0.481 e. The summed E-state index contributed by atoms with van der Waals surface area (Å²) in [6.07, 6.45) is 0.656. The van der Waals surface area contributed by atoms with E-state index >= 15 is 0 Å². The molecular formula is C50H78O14. The van der Waals surface area contributed by atoms with Crippen molar-refractivity contribution in [1.29, 1.82) is 0 Å². The molecule has 362 valence electrons. The molecule has 21 atom stereocenters. The third-order valence-electron chi connectivity index (χ3n) is 18.4. The fourth-order valence-corrected chi connectivity index (χ4v) is 14.1. The minimum absolute atomic E-state index is 0.0122. The zero-order valence-corrected chi connectivity index (χ0v) is 40.6.